The van der Waals surface area contributed by atoms with E-state index < -0.39 is 0 Å². The minimum absolute atomic E-state index is 0.0722. The molecular weight excluding hydrogens is 206 g/mol. The monoisotopic (exact) mass is 225 g/mol. The first-order chi connectivity index (χ1) is 7.18. The Hall–Kier alpha value is -0.380. The predicted molar refractivity (Wildman–Crippen MR) is 64.2 cm³/mol. The molecule has 0 aromatic carbocycles. The number of rotatable bonds is 4. The van der Waals surface area contributed by atoms with Gasteiger partial charge in [-0.3, -0.25) is 0 Å². The first kappa shape index (κ1) is 11.1. The van der Waals surface area contributed by atoms with Crippen LogP contribution in [0, 0.1) is 6.92 Å². The Labute approximate surface area is 95.4 Å². The van der Waals surface area contributed by atoms with Crippen molar-refractivity contribution >= 4 is 11.3 Å². The highest BCUT2D eigenvalue weighted by molar-refractivity contribution is 7.10. The van der Waals surface area contributed by atoms with Crippen LogP contribution in [0.2, 0.25) is 0 Å². The fraction of sp³-hybridized carbons (Fsp3) is 0.667. The van der Waals surface area contributed by atoms with Gasteiger partial charge in [0.15, 0.2) is 0 Å². The SMILES string of the molecule is Cc1ccsc1C(OC1CCC1)C(C)N. The highest BCUT2D eigenvalue weighted by Crippen LogP contribution is 2.34. The van der Waals surface area contributed by atoms with Crippen LogP contribution in [0.4, 0.5) is 0 Å². The van der Waals surface area contributed by atoms with Gasteiger partial charge in [0.1, 0.15) is 6.10 Å². The lowest BCUT2D eigenvalue weighted by atomic mass is 9.95. The van der Waals surface area contributed by atoms with Crippen LogP contribution in [0.25, 0.3) is 0 Å². The smallest absolute Gasteiger partial charge is 0.107 e. The molecule has 1 fully saturated rings. The van der Waals surface area contributed by atoms with Gasteiger partial charge >= 0.3 is 0 Å². The van der Waals surface area contributed by atoms with E-state index in [1.54, 1.807) is 11.3 Å². The number of aryl methyl sites for hydroxylation is 1. The van der Waals surface area contributed by atoms with Gasteiger partial charge in [0, 0.05) is 10.9 Å². The minimum atomic E-state index is 0.0722. The Kier molecular flexibility index (Phi) is 3.44. The Morgan fingerprint density at radius 3 is 2.67 bits per heavy atom. The lowest BCUT2D eigenvalue weighted by molar-refractivity contribution is -0.0598. The van der Waals surface area contributed by atoms with Gasteiger partial charge < -0.3 is 10.5 Å². The molecule has 2 N–H and O–H groups in total. The average Bonchev–Trinajstić information content (AvgIpc) is 2.49. The van der Waals surface area contributed by atoms with Crippen molar-refractivity contribution in [3.05, 3.63) is 21.9 Å². The van der Waals surface area contributed by atoms with E-state index in [0.717, 1.165) is 0 Å². The van der Waals surface area contributed by atoms with E-state index >= 15 is 0 Å². The zero-order valence-electron chi connectivity index (χ0n) is 9.40. The van der Waals surface area contributed by atoms with Crippen LogP contribution in [0.15, 0.2) is 11.4 Å². The van der Waals surface area contributed by atoms with E-state index in [9.17, 15) is 0 Å². The van der Waals surface area contributed by atoms with Crippen LogP contribution in [0.1, 0.15) is 42.7 Å². The van der Waals surface area contributed by atoms with Crippen molar-refractivity contribution < 1.29 is 4.74 Å². The predicted octanol–water partition coefficient (Wildman–Crippen LogP) is 3.01. The van der Waals surface area contributed by atoms with Crippen molar-refractivity contribution in [1.29, 1.82) is 0 Å². The van der Waals surface area contributed by atoms with Gasteiger partial charge in [0.2, 0.25) is 0 Å². The van der Waals surface area contributed by atoms with Gasteiger partial charge in [-0.05, 0) is 50.1 Å². The molecule has 15 heavy (non-hydrogen) atoms. The standard InChI is InChI=1S/C12H19NOS/c1-8-6-7-15-12(8)11(9(2)13)14-10-4-3-5-10/h6-7,9-11H,3-5,13H2,1-2H3. The molecule has 1 aliphatic carbocycles. The van der Waals surface area contributed by atoms with Crippen LogP contribution in [-0.2, 0) is 4.74 Å². The summed E-state index contributed by atoms with van der Waals surface area (Å²) in [6, 6.07) is 2.21. The first-order valence-corrected chi connectivity index (χ1v) is 6.51. The number of nitrogens with two attached hydrogens (primary N) is 1. The Morgan fingerprint density at radius 2 is 2.27 bits per heavy atom. The van der Waals surface area contributed by atoms with Crippen LogP contribution in [-0.4, -0.2) is 12.1 Å². The van der Waals surface area contributed by atoms with E-state index in [4.69, 9.17) is 10.5 Å². The summed E-state index contributed by atoms with van der Waals surface area (Å²) in [5, 5.41) is 2.12. The molecule has 3 heteroatoms. The van der Waals surface area contributed by atoms with Crippen molar-refractivity contribution in [3.8, 4) is 0 Å². The van der Waals surface area contributed by atoms with Crippen molar-refractivity contribution in [3.63, 3.8) is 0 Å². The second-order valence-electron chi connectivity index (χ2n) is 4.44. The largest absolute Gasteiger partial charge is 0.368 e. The van der Waals surface area contributed by atoms with Crippen molar-refractivity contribution in [2.75, 3.05) is 0 Å². The number of thiophene rings is 1. The molecule has 1 aliphatic rings. The van der Waals surface area contributed by atoms with Crippen LogP contribution in [0.3, 0.4) is 0 Å². The molecule has 2 nitrogen and oxygen atoms in total. The Balaban J connectivity index is 2.08. The molecule has 0 amide bonds. The summed E-state index contributed by atoms with van der Waals surface area (Å²) in [5.41, 5.74) is 7.31. The Bertz CT molecular complexity index is 317. The minimum Gasteiger partial charge on any atom is -0.368 e. The molecule has 2 rings (SSSR count). The molecule has 0 saturated heterocycles. The van der Waals surface area contributed by atoms with E-state index in [1.165, 1.54) is 29.7 Å². The third-order valence-corrected chi connectivity index (χ3v) is 4.11. The van der Waals surface area contributed by atoms with E-state index in [2.05, 4.69) is 18.4 Å². The molecule has 84 valence electrons. The van der Waals surface area contributed by atoms with Crippen molar-refractivity contribution in [2.45, 2.75) is 51.4 Å². The molecule has 2 atom stereocenters. The maximum absolute atomic E-state index is 6.06. The van der Waals surface area contributed by atoms with Crippen LogP contribution >= 0.6 is 11.3 Å². The summed E-state index contributed by atoms with van der Waals surface area (Å²) in [6.07, 6.45) is 4.25. The van der Waals surface area contributed by atoms with Gasteiger partial charge in [-0.2, -0.15) is 0 Å². The molecule has 0 radical (unpaired) electrons. The summed E-state index contributed by atoms with van der Waals surface area (Å²) in [6.45, 7) is 4.16. The van der Waals surface area contributed by atoms with Gasteiger partial charge in [-0.25, -0.2) is 0 Å². The molecule has 1 heterocycles. The van der Waals surface area contributed by atoms with Crippen LogP contribution < -0.4 is 5.73 Å². The van der Waals surface area contributed by atoms with E-state index in [1.807, 2.05) is 6.92 Å². The van der Waals surface area contributed by atoms with Gasteiger partial charge in [-0.15, -0.1) is 11.3 Å². The highest BCUT2D eigenvalue weighted by Gasteiger charge is 2.27. The second kappa shape index (κ2) is 4.64. The zero-order valence-corrected chi connectivity index (χ0v) is 10.2. The quantitative estimate of drug-likeness (QED) is 0.855. The molecule has 2 unspecified atom stereocenters. The molecule has 0 aliphatic heterocycles. The maximum atomic E-state index is 6.06. The number of hydrogen-bond donors (Lipinski definition) is 1. The topological polar surface area (TPSA) is 35.2 Å². The van der Waals surface area contributed by atoms with Gasteiger partial charge in [0.25, 0.3) is 0 Å². The lowest BCUT2D eigenvalue weighted by Gasteiger charge is -2.32. The molecule has 0 spiro atoms. The van der Waals surface area contributed by atoms with Gasteiger partial charge in [0.05, 0.1) is 6.10 Å². The summed E-state index contributed by atoms with van der Waals surface area (Å²) in [5.74, 6) is 0. The number of hydrogen-bond acceptors (Lipinski definition) is 3. The molecule has 1 saturated carbocycles. The average molecular weight is 225 g/mol. The number of ether oxygens (including phenoxy) is 1. The molecule has 1 aromatic heterocycles. The summed E-state index contributed by atoms with van der Waals surface area (Å²) >= 11 is 1.76. The Morgan fingerprint density at radius 1 is 1.53 bits per heavy atom. The third kappa shape index (κ3) is 2.41. The zero-order chi connectivity index (χ0) is 10.8. The fourth-order valence-corrected chi connectivity index (χ4v) is 2.89. The summed E-state index contributed by atoms with van der Waals surface area (Å²) in [4.78, 5) is 1.30. The third-order valence-electron chi connectivity index (χ3n) is 3.03. The first-order valence-electron chi connectivity index (χ1n) is 5.63. The molecule has 1 aromatic rings. The molecular formula is C12H19NOS. The summed E-state index contributed by atoms with van der Waals surface area (Å²) in [7, 11) is 0. The summed E-state index contributed by atoms with van der Waals surface area (Å²) < 4.78 is 6.06. The highest BCUT2D eigenvalue weighted by atomic mass is 32.1. The van der Waals surface area contributed by atoms with E-state index in [-0.39, 0.29) is 12.1 Å². The van der Waals surface area contributed by atoms with E-state index in [0.29, 0.717) is 6.10 Å². The van der Waals surface area contributed by atoms with Crippen molar-refractivity contribution in [2.24, 2.45) is 5.73 Å². The normalized spacial score (nSPS) is 21.0. The van der Waals surface area contributed by atoms with Crippen molar-refractivity contribution in [1.82, 2.24) is 0 Å². The van der Waals surface area contributed by atoms with Gasteiger partial charge in [-0.1, -0.05) is 0 Å². The molecule has 0 bridgehead atoms. The second-order valence-corrected chi connectivity index (χ2v) is 5.38. The fourth-order valence-electron chi connectivity index (χ4n) is 1.81. The van der Waals surface area contributed by atoms with Crippen LogP contribution in [0.5, 0.6) is 0 Å². The maximum Gasteiger partial charge on any atom is 0.107 e. The lowest BCUT2D eigenvalue weighted by Crippen LogP contribution is -2.33.